The first-order chi connectivity index (χ1) is 13.2. The molecule has 1 fully saturated rings. The number of para-hydroxylation sites is 2. The fourth-order valence-corrected chi connectivity index (χ4v) is 3.25. The lowest BCUT2D eigenvalue weighted by Gasteiger charge is -2.19. The summed E-state index contributed by atoms with van der Waals surface area (Å²) in [7, 11) is 3.44. The molecule has 3 atom stereocenters. The Morgan fingerprint density at radius 1 is 1.07 bits per heavy atom. The van der Waals surface area contributed by atoms with Gasteiger partial charge in [0.15, 0.2) is 17.5 Å². The maximum atomic E-state index is 5.97. The van der Waals surface area contributed by atoms with Gasteiger partial charge in [0.2, 0.25) is 0 Å². The topological polar surface area (TPSA) is 54.9 Å². The van der Waals surface area contributed by atoms with Gasteiger partial charge in [0, 0.05) is 13.6 Å². The van der Waals surface area contributed by atoms with Crippen LogP contribution in [-0.4, -0.2) is 39.3 Å². The fourth-order valence-electron chi connectivity index (χ4n) is 3.25. The van der Waals surface area contributed by atoms with E-state index in [1.165, 1.54) is 12.0 Å². The van der Waals surface area contributed by atoms with E-state index in [1.54, 1.807) is 14.2 Å². The SMILES string of the molecule is CN=C(NCC(C)Oc1ccccc1OC)NCC1CC1c1ccccc1. The molecule has 0 amide bonds. The van der Waals surface area contributed by atoms with Crippen LogP contribution in [0.15, 0.2) is 59.6 Å². The summed E-state index contributed by atoms with van der Waals surface area (Å²) in [6, 6.07) is 18.4. The molecular weight excluding hydrogens is 338 g/mol. The van der Waals surface area contributed by atoms with Crippen molar-refractivity contribution >= 4 is 5.96 Å². The largest absolute Gasteiger partial charge is 0.493 e. The number of benzene rings is 2. The van der Waals surface area contributed by atoms with E-state index in [9.17, 15) is 0 Å². The molecule has 0 aromatic heterocycles. The second kappa shape index (κ2) is 9.31. The molecule has 2 aromatic rings. The first-order valence-corrected chi connectivity index (χ1v) is 9.50. The zero-order chi connectivity index (χ0) is 19.1. The molecule has 1 saturated carbocycles. The van der Waals surface area contributed by atoms with E-state index in [4.69, 9.17) is 9.47 Å². The maximum absolute atomic E-state index is 5.97. The van der Waals surface area contributed by atoms with Crippen molar-refractivity contribution in [3.05, 3.63) is 60.2 Å². The predicted octanol–water partition coefficient (Wildman–Crippen LogP) is 3.43. The molecule has 3 rings (SSSR count). The van der Waals surface area contributed by atoms with Gasteiger partial charge in [-0.3, -0.25) is 4.99 Å². The molecule has 5 heteroatoms. The molecule has 0 heterocycles. The average molecular weight is 367 g/mol. The van der Waals surface area contributed by atoms with Crippen molar-refractivity contribution in [2.45, 2.75) is 25.4 Å². The molecule has 3 unspecified atom stereocenters. The molecule has 27 heavy (non-hydrogen) atoms. The minimum absolute atomic E-state index is 0.0159. The van der Waals surface area contributed by atoms with Crippen molar-refractivity contribution in [1.29, 1.82) is 0 Å². The standard InChI is InChI=1S/C22H29N3O2/c1-16(27-21-12-8-7-11-20(21)26-3)14-24-22(23-2)25-15-18-13-19(18)17-9-5-4-6-10-17/h4-12,16,18-19H,13-15H2,1-3H3,(H2,23,24,25). The lowest BCUT2D eigenvalue weighted by Crippen LogP contribution is -2.42. The smallest absolute Gasteiger partial charge is 0.191 e. The van der Waals surface area contributed by atoms with E-state index >= 15 is 0 Å². The van der Waals surface area contributed by atoms with Crippen molar-refractivity contribution in [2.24, 2.45) is 10.9 Å². The Balaban J connectivity index is 1.40. The zero-order valence-corrected chi connectivity index (χ0v) is 16.3. The summed E-state index contributed by atoms with van der Waals surface area (Å²) in [6.45, 7) is 3.62. The van der Waals surface area contributed by atoms with Crippen molar-refractivity contribution in [3.63, 3.8) is 0 Å². The molecule has 1 aliphatic rings. The summed E-state index contributed by atoms with van der Waals surface area (Å²) >= 11 is 0. The Labute approximate surface area is 161 Å². The molecule has 0 bridgehead atoms. The number of ether oxygens (including phenoxy) is 2. The van der Waals surface area contributed by atoms with Gasteiger partial charge in [-0.2, -0.15) is 0 Å². The third-order valence-electron chi connectivity index (χ3n) is 4.86. The molecular formula is C22H29N3O2. The summed E-state index contributed by atoms with van der Waals surface area (Å²) in [5, 5.41) is 6.77. The number of nitrogens with one attached hydrogen (secondary N) is 2. The van der Waals surface area contributed by atoms with Gasteiger partial charge in [0.05, 0.1) is 13.7 Å². The van der Waals surface area contributed by atoms with Gasteiger partial charge in [-0.25, -0.2) is 0 Å². The summed E-state index contributed by atoms with van der Waals surface area (Å²) in [5.74, 6) is 3.65. The van der Waals surface area contributed by atoms with Crippen LogP contribution in [0.1, 0.15) is 24.8 Å². The van der Waals surface area contributed by atoms with E-state index in [1.807, 2.05) is 31.2 Å². The Bertz CT molecular complexity index is 748. The lowest BCUT2D eigenvalue weighted by atomic mass is 10.1. The van der Waals surface area contributed by atoms with Crippen LogP contribution in [-0.2, 0) is 0 Å². The number of hydrogen-bond donors (Lipinski definition) is 2. The van der Waals surface area contributed by atoms with Gasteiger partial charge in [-0.1, -0.05) is 42.5 Å². The number of rotatable bonds is 8. The second-order valence-corrected chi connectivity index (χ2v) is 6.93. The Hall–Kier alpha value is -2.69. The molecule has 0 saturated heterocycles. The third-order valence-corrected chi connectivity index (χ3v) is 4.86. The normalized spacial score (nSPS) is 19.9. The van der Waals surface area contributed by atoms with Gasteiger partial charge < -0.3 is 20.1 Å². The molecule has 1 aliphatic carbocycles. The van der Waals surface area contributed by atoms with E-state index in [0.717, 1.165) is 24.0 Å². The van der Waals surface area contributed by atoms with Crippen molar-refractivity contribution in [3.8, 4) is 11.5 Å². The third kappa shape index (κ3) is 5.39. The van der Waals surface area contributed by atoms with Crippen LogP contribution in [0.4, 0.5) is 0 Å². The van der Waals surface area contributed by atoms with Crippen molar-refractivity contribution < 1.29 is 9.47 Å². The second-order valence-electron chi connectivity index (χ2n) is 6.93. The Morgan fingerprint density at radius 2 is 1.78 bits per heavy atom. The first kappa shape index (κ1) is 19.1. The first-order valence-electron chi connectivity index (χ1n) is 9.50. The monoisotopic (exact) mass is 367 g/mol. The fraction of sp³-hybridized carbons (Fsp3) is 0.409. The summed E-state index contributed by atoms with van der Waals surface area (Å²) in [6.07, 6.45) is 1.22. The molecule has 2 N–H and O–H groups in total. The Kier molecular flexibility index (Phi) is 6.58. The molecule has 0 spiro atoms. The van der Waals surface area contributed by atoms with Gasteiger partial charge in [0.25, 0.3) is 0 Å². The number of aliphatic imine (C=N–C) groups is 1. The molecule has 0 aliphatic heterocycles. The minimum Gasteiger partial charge on any atom is -0.493 e. The van der Waals surface area contributed by atoms with Crippen molar-refractivity contribution in [1.82, 2.24) is 10.6 Å². The number of nitrogens with zero attached hydrogens (tertiary/aromatic N) is 1. The predicted molar refractivity (Wildman–Crippen MR) is 110 cm³/mol. The van der Waals surface area contributed by atoms with E-state index in [-0.39, 0.29) is 6.10 Å². The molecule has 0 radical (unpaired) electrons. The van der Waals surface area contributed by atoms with E-state index in [0.29, 0.717) is 18.4 Å². The summed E-state index contributed by atoms with van der Waals surface area (Å²) in [4.78, 5) is 4.31. The van der Waals surface area contributed by atoms with Crippen LogP contribution >= 0.6 is 0 Å². The van der Waals surface area contributed by atoms with Crippen LogP contribution in [0.2, 0.25) is 0 Å². The molecule has 144 valence electrons. The van der Waals surface area contributed by atoms with Gasteiger partial charge in [-0.05, 0) is 42.9 Å². The van der Waals surface area contributed by atoms with Crippen LogP contribution in [0, 0.1) is 5.92 Å². The van der Waals surface area contributed by atoms with Gasteiger partial charge in [0.1, 0.15) is 6.10 Å². The van der Waals surface area contributed by atoms with Gasteiger partial charge in [-0.15, -0.1) is 0 Å². The van der Waals surface area contributed by atoms with Crippen LogP contribution < -0.4 is 20.1 Å². The van der Waals surface area contributed by atoms with Crippen LogP contribution in [0.5, 0.6) is 11.5 Å². The Morgan fingerprint density at radius 3 is 2.48 bits per heavy atom. The summed E-state index contributed by atoms with van der Waals surface area (Å²) in [5.41, 5.74) is 1.44. The minimum atomic E-state index is -0.0159. The highest BCUT2D eigenvalue weighted by Crippen LogP contribution is 2.46. The number of guanidine groups is 1. The van der Waals surface area contributed by atoms with Gasteiger partial charge >= 0.3 is 0 Å². The molecule has 2 aromatic carbocycles. The average Bonchev–Trinajstić information content (AvgIpc) is 3.49. The van der Waals surface area contributed by atoms with Crippen LogP contribution in [0.3, 0.4) is 0 Å². The van der Waals surface area contributed by atoms with Crippen LogP contribution in [0.25, 0.3) is 0 Å². The van der Waals surface area contributed by atoms with Crippen molar-refractivity contribution in [2.75, 3.05) is 27.2 Å². The molecule has 5 nitrogen and oxygen atoms in total. The highest BCUT2D eigenvalue weighted by Gasteiger charge is 2.37. The van der Waals surface area contributed by atoms with E-state index in [2.05, 4.69) is 46.0 Å². The van der Waals surface area contributed by atoms with E-state index < -0.39 is 0 Å². The lowest BCUT2D eigenvalue weighted by molar-refractivity contribution is 0.213. The maximum Gasteiger partial charge on any atom is 0.191 e. The summed E-state index contributed by atoms with van der Waals surface area (Å²) < 4.78 is 11.3. The highest BCUT2D eigenvalue weighted by atomic mass is 16.5. The number of hydrogen-bond acceptors (Lipinski definition) is 3. The number of methoxy groups -OCH3 is 1. The quantitative estimate of drug-likeness (QED) is 0.554. The highest BCUT2D eigenvalue weighted by molar-refractivity contribution is 5.79. The zero-order valence-electron chi connectivity index (χ0n) is 16.3.